The van der Waals surface area contributed by atoms with Crippen LogP contribution >= 0.6 is 0 Å². The molecule has 1 fully saturated rings. The van der Waals surface area contributed by atoms with Gasteiger partial charge in [0.25, 0.3) is 0 Å². The molecule has 1 saturated carbocycles. The van der Waals surface area contributed by atoms with Gasteiger partial charge in [-0.2, -0.15) is 0 Å². The number of para-hydroxylation sites is 1. The number of ketones is 1. The molecule has 0 heterocycles. The molecule has 2 rings (SSSR count). The van der Waals surface area contributed by atoms with Gasteiger partial charge in [-0.05, 0) is 36.3 Å². The summed E-state index contributed by atoms with van der Waals surface area (Å²) < 4.78 is 0. The summed E-state index contributed by atoms with van der Waals surface area (Å²) in [6.07, 6.45) is 2.86. The molecule has 0 bridgehead atoms. The Labute approximate surface area is 123 Å². The predicted octanol–water partition coefficient (Wildman–Crippen LogP) is 4.15. The van der Waals surface area contributed by atoms with Crippen LogP contribution in [0.25, 0.3) is 0 Å². The summed E-state index contributed by atoms with van der Waals surface area (Å²) in [5.74, 6) is 1.31. The topological polar surface area (TPSA) is 20.3 Å². The van der Waals surface area contributed by atoms with Gasteiger partial charge in [-0.15, -0.1) is 0 Å². The first-order valence-electron chi connectivity index (χ1n) is 7.67. The lowest BCUT2D eigenvalue weighted by Gasteiger charge is -2.38. The molecule has 1 aliphatic carbocycles. The van der Waals surface area contributed by atoms with E-state index in [0.29, 0.717) is 17.1 Å². The average Bonchev–Trinajstić information content (AvgIpc) is 2.41. The predicted molar refractivity (Wildman–Crippen MR) is 85.0 cm³/mol. The summed E-state index contributed by atoms with van der Waals surface area (Å²) in [5, 5.41) is 0. The molecule has 0 spiro atoms. The molecule has 2 heteroatoms. The van der Waals surface area contributed by atoms with Gasteiger partial charge in [0, 0.05) is 31.6 Å². The highest BCUT2D eigenvalue weighted by molar-refractivity contribution is 5.82. The maximum atomic E-state index is 12.2. The Morgan fingerprint density at radius 1 is 1.20 bits per heavy atom. The second kappa shape index (κ2) is 5.99. The molecule has 0 radical (unpaired) electrons. The summed E-state index contributed by atoms with van der Waals surface area (Å²) in [4.78, 5) is 14.4. The van der Waals surface area contributed by atoms with E-state index in [4.69, 9.17) is 0 Å². The van der Waals surface area contributed by atoms with Crippen LogP contribution in [0.5, 0.6) is 0 Å². The van der Waals surface area contributed by atoms with Crippen LogP contribution in [0.2, 0.25) is 0 Å². The van der Waals surface area contributed by atoms with Crippen molar-refractivity contribution in [3.8, 4) is 0 Å². The van der Waals surface area contributed by atoms with Crippen LogP contribution in [-0.2, 0) is 4.79 Å². The molecule has 0 saturated heterocycles. The number of rotatable bonds is 3. The van der Waals surface area contributed by atoms with Crippen LogP contribution in [0.3, 0.4) is 0 Å². The summed E-state index contributed by atoms with van der Waals surface area (Å²) in [6, 6.07) is 10.3. The summed E-state index contributed by atoms with van der Waals surface area (Å²) >= 11 is 0. The fraction of sp³-hybridized carbons (Fsp3) is 0.611. The van der Waals surface area contributed by atoms with Crippen LogP contribution in [0.1, 0.15) is 40.0 Å². The zero-order valence-electron chi connectivity index (χ0n) is 13.2. The largest absolute Gasteiger partial charge is 0.374 e. The van der Waals surface area contributed by atoms with E-state index in [2.05, 4.69) is 44.9 Å². The van der Waals surface area contributed by atoms with Crippen molar-refractivity contribution in [1.82, 2.24) is 0 Å². The van der Waals surface area contributed by atoms with Gasteiger partial charge in [0.05, 0.1) is 0 Å². The third-order valence-electron chi connectivity index (χ3n) is 4.68. The number of carbonyl (C=O) groups excluding carboxylic acids is 1. The van der Waals surface area contributed by atoms with E-state index in [1.165, 1.54) is 5.69 Å². The lowest BCUT2D eigenvalue weighted by Crippen LogP contribution is -2.38. The molecular formula is C18H27NO. The van der Waals surface area contributed by atoms with Gasteiger partial charge in [-0.25, -0.2) is 0 Å². The summed E-state index contributed by atoms with van der Waals surface area (Å²) in [7, 11) is 2.09. The molecule has 1 aromatic rings. The minimum Gasteiger partial charge on any atom is -0.374 e. The number of Topliss-reactive ketones (excluding diaryl/α,β-unsaturated/α-hetero) is 1. The highest BCUT2D eigenvalue weighted by atomic mass is 16.1. The Bertz CT molecular complexity index is 446. The van der Waals surface area contributed by atoms with Gasteiger partial charge < -0.3 is 4.90 Å². The molecule has 2 unspecified atom stereocenters. The van der Waals surface area contributed by atoms with E-state index >= 15 is 0 Å². The SMILES string of the molecule is CN(CC1CC(C(C)(C)C)CCC1=O)c1ccccc1. The molecular weight excluding hydrogens is 246 g/mol. The molecule has 1 aliphatic rings. The van der Waals surface area contributed by atoms with Crippen LogP contribution in [0.15, 0.2) is 30.3 Å². The summed E-state index contributed by atoms with van der Waals surface area (Å²) in [6.45, 7) is 7.73. The average molecular weight is 273 g/mol. The van der Waals surface area contributed by atoms with Gasteiger partial charge in [0.2, 0.25) is 0 Å². The number of carbonyl (C=O) groups is 1. The van der Waals surface area contributed by atoms with Gasteiger partial charge in [-0.3, -0.25) is 4.79 Å². The zero-order chi connectivity index (χ0) is 14.8. The zero-order valence-corrected chi connectivity index (χ0v) is 13.2. The highest BCUT2D eigenvalue weighted by Gasteiger charge is 2.35. The quantitative estimate of drug-likeness (QED) is 0.824. The lowest BCUT2D eigenvalue weighted by atomic mass is 9.68. The Hall–Kier alpha value is -1.31. The van der Waals surface area contributed by atoms with Gasteiger partial charge >= 0.3 is 0 Å². The Morgan fingerprint density at radius 2 is 1.85 bits per heavy atom. The van der Waals surface area contributed by atoms with Crippen molar-refractivity contribution in [1.29, 1.82) is 0 Å². The molecule has 0 aromatic heterocycles. The van der Waals surface area contributed by atoms with Gasteiger partial charge in [-0.1, -0.05) is 39.0 Å². The maximum absolute atomic E-state index is 12.2. The summed E-state index contributed by atoms with van der Waals surface area (Å²) in [5.41, 5.74) is 1.50. The molecule has 0 aliphatic heterocycles. The van der Waals surface area contributed by atoms with E-state index in [1.54, 1.807) is 0 Å². The van der Waals surface area contributed by atoms with Crippen LogP contribution < -0.4 is 4.90 Å². The number of anilines is 1. The van der Waals surface area contributed by atoms with E-state index in [9.17, 15) is 4.79 Å². The van der Waals surface area contributed by atoms with Gasteiger partial charge in [0.15, 0.2) is 0 Å². The fourth-order valence-corrected chi connectivity index (χ4v) is 3.19. The Morgan fingerprint density at radius 3 is 2.45 bits per heavy atom. The smallest absolute Gasteiger partial charge is 0.137 e. The number of benzene rings is 1. The second-order valence-electron chi connectivity index (χ2n) is 7.22. The number of nitrogens with zero attached hydrogens (tertiary/aromatic N) is 1. The van der Waals surface area contributed by atoms with E-state index in [0.717, 1.165) is 25.8 Å². The molecule has 20 heavy (non-hydrogen) atoms. The molecule has 0 amide bonds. The fourth-order valence-electron chi connectivity index (χ4n) is 3.19. The van der Waals surface area contributed by atoms with Crippen molar-refractivity contribution in [2.24, 2.45) is 17.3 Å². The minimum absolute atomic E-state index is 0.193. The third kappa shape index (κ3) is 3.62. The minimum atomic E-state index is 0.193. The molecule has 110 valence electrons. The number of hydrogen-bond acceptors (Lipinski definition) is 2. The van der Waals surface area contributed by atoms with E-state index in [1.807, 2.05) is 18.2 Å². The van der Waals surface area contributed by atoms with Crippen molar-refractivity contribution in [3.63, 3.8) is 0 Å². The van der Waals surface area contributed by atoms with Crippen molar-refractivity contribution in [3.05, 3.63) is 30.3 Å². The van der Waals surface area contributed by atoms with E-state index in [-0.39, 0.29) is 5.92 Å². The first-order chi connectivity index (χ1) is 9.38. The van der Waals surface area contributed by atoms with Crippen LogP contribution in [0.4, 0.5) is 5.69 Å². The Kier molecular flexibility index (Phi) is 4.52. The molecule has 2 atom stereocenters. The monoisotopic (exact) mass is 273 g/mol. The van der Waals surface area contributed by atoms with E-state index < -0.39 is 0 Å². The Balaban J connectivity index is 2.02. The first kappa shape index (κ1) is 15.1. The van der Waals surface area contributed by atoms with Crippen LogP contribution in [0, 0.1) is 17.3 Å². The highest BCUT2D eigenvalue weighted by Crippen LogP contribution is 2.39. The first-order valence-corrected chi connectivity index (χ1v) is 7.67. The van der Waals surface area contributed by atoms with Crippen molar-refractivity contribution >= 4 is 11.5 Å². The number of hydrogen-bond donors (Lipinski definition) is 0. The normalized spacial score (nSPS) is 23.7. The van der Waals surface area contributed by atoms with Gasteiger partial charge in [0.1, 0.15) is 5.78 Å². The third-order valence-corrected chi connectivity index (χ3v) is 4.68. The molecule has 2 nitrogen and oxygen atoms in total. The van der Waals surface area contributed by atoms with Crippen LogP contribution in [-0.4, -0.2) is 19.4 Å². The van der Waals surface area contributed by atoms with Crippen molar-refractivity contribution in [2.75, 3.05) is 18.5 Å². The standard InChI is InChI=1S/C18H27NO/c1-18(2,3)15-10-11-17(20)14(12-15)13-19(4)16-8-6-5-7-9-16/h5-9,14-15H,10-13H2,1-4H3. The molecule has 0 N–H and O–H groups in total. The lowest BCUT2D eigenvalue weighted by molar-refractivity contribution is -0.126. The second-order valence-corrected chi connectivity index (χ2v) is 7.22. The molecule has 1 aromatic carbocycles. The van der Waals surface area contributed by atoms with Crippen molar-refractivity contribution in [2.45, 2.75) is 40.0 Å². The maximum Gasteiger partial charge on any atom is 0.137 e. The van der Waals surface area contributed by atoms with Crippen molar-refractivity contribution < 1.29 is 4.79 Å².